The fourth-order valence-electron chi connectivity index (χ4n) is 1.11. The number of carbonyl (C=O) groups excluding carboxylic acids is 1. The molecular formula is C6H12N2O3. The van der Waals surface area contributed by atoms with E-state index in [2.05, 4.69) is 5.43 Å². The van der Waals surface area contributed by atoms with Crippen molar-refractivity contribution in [3.8, 4) is 0 Å². The van der Waals surface area contributed by atoms with E-state index in [1.165, 1.54) is 7.11 Å². The molecule has 5 nitrogen and oxygen atoms in total. The van der Waals surface area contributed by atoms with Gasteiger partial charge in [-0.05, 0) is 0 Å². The van der Waals surface area contributed by atoms with Crippen molar-refractivity contribution in [3.63, 3.8) is 0 Å². The number of ether oxygens (including phenoxy) is 2. The molecule has 64 valence electrons. The van der Waals surface area contributed by atoms with Gasteiger partial charge in [0, 0.05) is 13.5 Å². The summed E-state index contributed by atoms with van der Waals surface area (Å²) in [5.74, 6) is 4.66. The Morgan fingerprint density at radius 1 is 1.82 bits per heavy atom. The zero-order chi connectivity index (χ0) is 8.32. The highest BCUT2D eigenvalue weighted by Crippen LogP contribution is 2.21. The number of hydrogen-bond donors (Lipinski definition) is 2. The van der Waals surface area contributed by atoms with Crippen LogP contribution in [0.1, 0.15) is 6.42 Å². The summed E-state index contributed by atoms with van der Waals surface area (Å²) in [6.07, 6.45) is 0.562. The first-order valence-electron chi connectivity index (χ1n) is 3.39. The Balaban J connectivity index is 2.66. The molecule has 0 aromatic carbocycles. The number of hydrogen-bond acceptors (Lipinski definition) is 4. The van der Waals surface area contributed by atoms with Crippen LogP contribution < -0.4 is 11.3 Å². The molecule has 1 aliphatic heterocycles. The molecule has 1 aliphatic rings. The molecule has 1 fully saturated rings. The number of methoxy groups -OCH3 is 1. The van der Waals surface area contributed by atoms with E-state index in [-0.39, 0.29) is 12.5 Å². The Hall–Kier alpha value is -0.650. The normalized spacial score (nSPS) is 30.4. The van der Waals surface area contributed by atoms with Crippen LogP contribution in [-0.2, 0) is 14.3 Å². The second-order valence-electron chi connectivity index (χ2n) is 2.47. The van der Waals surface area contributed by atoms with Crippen LogP contribution in [0, 0.1) is 0 Å². The molecule has 0 aromatic rings. The summed E-state index contributed by atoms with van der Waals surface area (Å²) in [5.41, 5.74) is 1.20. The largest absolute Gasteiger partial charge is 0.378 e. The molecule has 11 heavy (non-hydrogen) atoms. The lowest BCUT2D eigenvalue weighted by molar-refractivity contribution is -0.143. The van der Waals surface area contributed by atoms with Crippen molar-refractivity contribution >= 4 is 5.91 Å². The van der Waals surface area contributed by atoms with Gasteiger partial charge < -0.3 is 9.47 Å². The maximum absolute atomic E-state index is 11.1. The van der Waals surface area contributed by atoms with Gasteiger partial charge in [-0.3, -0.25) is 10.2 Å². The van der Waals surface area contributed by atoms with Gasteiger partial charge in [0.25, 0.3) is 5.91 Å². The SMILES string of the molecule is CO[C@]1(C(=O)NN)CCOC1. The van der Waals surface area contributed by atoms with Gasteiger partial charge in [-0.25, -0.2) is 5.84 Å². The summed E-state index contributed by atoms with van der Waals surface area (Å²) >= 11 is 0. The Bertz CT molecular complexity index is 154. The maximum Gasteiger partial charge on any atom is 0.268 e. The lowest BCUT2D eigenvalue weighted by Gasteiger charge is -2.22. The van der Waals surface area contributed by atoms with Crippen LogP contribution in [0.4, 0.5) is 0 Å². The molecule has 1 amide bonds. The Labute approximate surface area is 64.8 Å². The highest BCUT2D eigenvalue weighted by molar-refractivity contribution is 5.85. The van der Waals surface area contributed by atoms with Crippen molar-refractivity contribution in [2.45, 2.75) is 12.0 Å². The summed E-state index contributed by atoms with van der Waals surface area (Å²) in [5, 5.41) is 0. The molecule has 0 aliphatic carbocycles. The molecule has 0 unspecified atom stereocenters. The van der Waals surface area contributed by atoms with Gasteiger partial charge in [-0.15, -0.1) is 0 Å². The molecule has 5 heteroatoms. The number of hydrazine groups is 1. The summed E-state index contributed by atoms with van der Waals surface area (Å²) in [7, 11) is 1.48. The lowest BCUT2D eigenvalue weighted by Crippen LogP contribution is -2.51. The van der Waals surface area contributed by atoms with Crippen LogP contribution in [0.2, 0.25) is 0 Å². The van der Waals surface area contributed by atoms with E-state index in [0.717, 1.165) is 0 Å². The zero-order valence-corrected chi connectivity index (χ0v) is 6.42. The van der Waals surface area contributed by atoms with Gasteiger partial charge in [-0.1, -0.05) is 0 Å². The van der Waals surface area contributed by atoms with Gasteiger partial charge >= 0.3 is 0 Å². The van der Waals surface area contributed by atoms with Crippen LogP contribution >= 0.6 is 0 Å². The summed E-state index contributed by atoms with van der Waals surface area (Å²) < 4.78 is 10.1. The molecular weight excluding hydrogens is 148 g/mol. The van der Waals surface area contributed by atoms with E-state index < -0.39 is 5.60 Å². The number of rotatable bonds is 2. The van der Waals surface area contributed by atoms with Gasteiger partial charge in [-0.2, -0.15) is 0 Å². The molecule has 1 heterocycles. The van der Waals surface area contributed by atoms with Crippen molar-refractivity contribution < 1.29 is 14.3 Å². The number of nitrogens with one attached hydrogen (secondary N) is 1. The maximum atomic E-state index is 11.1. The third-order valence-corrected chi connectivity index (χ3v) is 1.92. The summed E-state index contributed by atoms with van der Waals surface area (Å²) in [6, 6.07) is 0. The van der Waals surface area contributed by atoms with Crippen molar-refractivity contribution in [1.82, 2.24) is 5.43 Å². The third kappa shape index (κ3) is 1.35. The first kappa shape index (κ1) is 8.45. The molecule has 0 bridgehead atoms. The fourth-order valence-corrected chi connectivity index (χ4v) is 1.11. The van der Waals surface area contributed by atoms with Crippen LogP contribution in [0.25, 0.3) is 0 Å². The second kappa shape index (κ2) is 3.17. The van der Waals surface area contributed by atoms with Crippen LogP contribution in [0.3, 0.4) is 0 Å². The first-order valence-corrected chi connectivity index (χ1v) is 3.39. The van der Waals surface area contributed by atoms with Crippen molar-refractivity contribution in [2.24, 2.45) is 5.84 Å². The molecule has 0 aromatic heterocycles. The molecule has 1 atom stereocenters. The van der Waals surface area contributed by atoms with Gasteiger partial charge in [0.2, 0.25) is 0 Å². The zero-order valence-electron chi connectivity index (χ0n) is 6.42. The average Bonchev–Trinajstić information content (AvgIpc) is 2.52. The van der Waals surface area contributed by atoms with E-state index in [4.69, 9.17) is 15.3 Å². The minimum Gasteiger partial charge on any atom is -0.378 e. The molecule has 1 rings (SSSR count). The van der Waals surface area contributed by atoms with Crippen LogP contribution in [-0.4, -0.2) is 31.8 Å². The average molecular weight is 160 g/mol. The predicted molar refractivity (Wildman–Crippen MR) is 37.5 cm³/mol. The molecule has 0 saturated carbocycles. The predicted octanol–water partition coefficient (Wildman–Crippen LogP) is -1.22. The number of amides is 1. The Morgan fingerprint density at radius 2 is 2.55 bits per heavy atom. The van der Waals surface area contributed by atoms with E-state index in [9.17, 15) is 4.79 Å². The van der Waals surface area contributed by atoms with Crippen molar-refractivity contribution in [3.05, 3.63) is 0 Å². The van der Waals surface area contributed by atoms with Gasteiger partial charge in [0.1, 0.15) is 0 Å². The highest BCUT2D eigenvalue weighted by atomic mass is 16.6. The minimum atomic E-state index is -0.852. The second-order valence-corrected chi connectivity index (χ2v) is 2.47. The monoisotopic (exact) mass is 160 g/mol. The highest BCUT2D eigenvalue weighted by Gasteiger charge is 2.42. The first-order chi connectivity index (χ1) is 5.25. The molecule has 0 spiro atoms. The molecule has 0 radical (unpaired) electrons. The minimum absolute atomic E-state index is 0.284. The topological polar surface area (TPSA) is 73.6 Å². The van der Waals surface area contributed by atoms with Crippen LogP contribution in [0.5, 0.6) is 0 Å². The number of carbonyl (C=O) groups is 1. The standard InChI is InChI=1S/C6H12N2O3/c1-10-6(5(9)8-7)2-3-11-4-6/h2-4,7H2,1H3,(H,8,9)/t6-/m1/s1. The third-order valence-electron chi connectivity index (χ3n) is 1.92. The van der Waals surface area contributed by atoms with E-state index in [1.807, 2.05) is 0 Å². The van der Waals surface area contributed by atoms with E-state index in [1.54, 1.807) is 0 Å². The van der Waals surface area contributed by atoms with E-state index >= 15 is 0 Å². The van der Waals surface area contributed by atoms with Gasteiger partial charge in [0.15, 0.2) is 5.60 Å². The van der Waals surface area contributed by atoms with Crippen LogP contribution in [0.15, 0.2) is 0 Å². The lowest BCUT2D eigenvalue weighted by atomic mass is 10.0. The number of nitrogens with two attached hydrogens (primary N) is 1. The molecule has 1 saturated heterocycles. The fraction of sp³-hybridized carbons (Fsp3) is 0.833. The van der Waals surface area contributed by atoms with Crippen molar-refractivity contribution in [2.75, 3.05) is 20.3 Å². The summed E-state index contributed by atoms with van der Waals surface area (Å²) in [4.78, 5) is 11.1. The molecule has 3 N–H and O–H groups in total. The summed E-state index contributed by atoms with van der Waals surface area (Å²) in [6.45, 7) is 0.827. The van der Waals surface area contributed by atoms with Gasteiger partial charge in [0.05, 0.1) is 13.2 Å². The van der Waals surface area contributed by atoms with Crippen molar-refractivity contribution in [1.29, 1.82) is 0 Å². The Kier molecular flexibility index (Phi) is 2.43. The van der Waals surface area contributed by atoms with E-state index in [0.29, 0.717) is 13.0 Å². The quantitative estimate of drug-likeness (QED) is 0.302. The Morgan fingerprint density at radius 3 is 2.91 bits per heavy atom. The smallest absolute Gasteiger partial charge is 0.268 e.